The Labute approximate surface area is 244 Å². The van der Waals surface area contributed by atoms with Gasteiger partial charge in [-0.1, -0.05) is 66.2 Å². The first kappa shape index (κ1) is 28.7. The van der Waals surface area contributed by atoms with E-state index in [2.05, 4.69) is 34.1 Å². The largest absolute Gasteiger partial charge is 0.489 e. The average Bonchev–Trinajstić information content (AvgIpc) is 3.46. The zero-order valence-electron chi connectivity index (χ0n) is 23.9. The highest BCUT2D eigenvalue weighted by atomic mass is 16.5. The molecule has 2 aliphatic rings. The zero-order valence-corrected chi connectivity index (χ0v) is 23.9. The van der Waals surface area contributed by atoms with E-state index in [1.54, 1.807) is 31.2 Å². The topological polar surface area (TPSA) is 143 Å². The number of nitrogens with two attached hydrogens (primary N) is 1. The average molecular weight is 570 g/mol. The fraction of sp³-hybridized carbons (Fsp3) is 0.312. The molecule has 2 saturated heterocycles. The summed E-state index contributed by atoms with van der Waals surface area (Å²) in [6.45, 7) is 6.28. The van der Waals surface area contributed by atoms with Crippen molar-refractivity contribution in [2.75, 3.05) is 6.54 Å². The Kier molecular flexibility index (Phi) is 7.64. The molecule has 0 radical (unpaired) electrons. The number of aryl methyl sites for hydroxylation is 2. The van der Waals surface area contributed by atoms with Gasteiger partial charge in [0.25, 0.3) is 5.91 Å². The first-order chi connectivity index (χ1) is 20.0. The fourth-order valence-electron chi connectivity index (χ4n) is 6.22. The smallest absolute Gasteiger partial charge is 0.322 e. The number of rotatable bonds is 9. The maximum absolute atomic E-state index is 13.9. The van der Waals surface area contributed by atoms with Crippen LogP contribution in [0.1, 0.15) is 47.1 Å². The molecule has 0 bridgehead atoms. The van der Waals surface area contributed by atoms with Crippen molar-refractivity contribution in [1.82, 2.24) is 20.9 Å². The van der Waals surface area contributed by atoms with Crippen LogP contribution < -0.4 is 26.4 Å². The first-order valence-corrected chi connectivity index (χ1v) is 13.9. The highest BCUT2D eigenvalue weighted by Gasteiger charge is 2.64. The molecule has 0 aliphatic carbocycles. The monoisotopic (exact) mass is 569 g/mol. The number of hydrogen-bond acceptors (Lipinski definition) is 5. The number of imide groups is 1. The number of ether oxygens (including phenoxy) is 1. The van der Waals surface area contributed by atoms with E-state index in [4.69, 9.17) is 10.5 Å². The van der Waals surface area contributed by atoms with Crippen LogP contribution in [0.5, 0.6) is 5.75 Å². The maximum atomic E-state index is 13.9. The van der Waals surface area contributed by atoms with Crippen molar-refractivity contribution in [2.24, 2.45) is 5.73 Å². The lowest BCUT2D eigenvalue weighted by Gasteiger charge is -2.48. The summed E-state index contributed by atoms with van der Waals surface area (Å²) in [5, 5.41) is 7.90. The van der Waals surface area contributed by atoms with Crippen LogP contribution in [0, 0.1) is 13.8 Å². The van der Waals surface area contributed by atoms with E-state index in [0.717, 1.165) is 22.3 Å². The first-order valence-electron chi connectivity index (χ1n) is 13.9. The van der Waals surface area contributed by atoms with E-state index in [-0.39, 0.29) is 19.5 Å². The minimum atomic E-state index is -1.59. The van der Waals surface area contributed by atoms with Gasteiger partial charge in [-0.15, -0.1) is 0 Å². The molecule has 3 unspecified atom stereocenters. The summed E-state index contributed by atoms with van der Waals surface area (Å²) < 4.78 is 6.08. The van der Waals surface area contributed by atoms with Gasteiger partial charge in [0, 0.05) is 19.0 Å². The highest BCUT2D eigenvalue weighted by molar-refractivity contribution is 6.08. The van der Waals surface area contributed by atoms with Gasteiger partial charge in [-0.2, -0.15) is 0 Å². The second-order valence-corrected chi connectivity index (χ2v) is 11.2. The Balaban J connectivity index is 1.57. The molecule has 2 heterocycles. The molecule has 0 aromatic heterocycles. The number of carbonyl (C=O) groups excluding carboxylic acids is 4. The highest BCUT2D eigenvalue weighted by Crippen LogP contribution is 2.47. The van der Waals surface area contributed by atoms with E-state index in [1.807, 2.05) is 44.2 Å². The molecule has 10 heteroatoms. The van der Waals surface area contributed by atoms with Crippen LogP contribution in [0.3, 0.4) is 0 Å². The van der Waals surface area contributed by atoms with Gasteiger partial charge in [-0.05, 0) is 61.6 Å². The van der Waals surface area contributed by atoms with Crippen molar-refractivity contribution < 1.29 is 23.9 Å². The summed E-state index contributed by atoms with van der Waals surface area (Å²) in [5.74, 6) is -1.46. The summed E-state index contributed by atoms with van der Waals surface area (Å²) in [7, 11) is 0. The van der Waals surface area contributed by atoms with E-state index >= 15 is 0 Å². The van der Waals surface area contributed by atoms with E-state index in [1.165, 1.54) is 4.90 Å². The summed E-state index contributed by atoms with van der Waals surface area (Å²) in [6, 6.07) is 20.9. The van der Waals surface area contributed by atoms with Crippen molar-refractivity contribution >= 4 is 23.9 Å². The number of primary amides is 1. The van der Waals surface area contributed by atoms with Crippen molar-refractivity contribution in [3.8, 4) is 5.75 Å². The van der Waals surface area contributed by atoms with Crippen molar-refractivity contribution in [3.05, 3.63) is 101 Å². The lowest BCUT2D eigenvalue weighted by atomic mass is 9.66. The molecule has 2 aliphatic heterocycles. The summed E-state index contributed by atoms with van der Waals surface area (Å²) in [4.78, 5) is 54.2. The SMILES string of the molecule is Cc1ccc(C)c(COc2ccc(C(C3(C)NC(=O)NC3=O)C3(N(Cc4ccccc4)C(N)=O)CCNC3=O)cc2)c1. The maximum Gasteiger partial charge on any atom is 0.322 e. The van der Waals surface area contributed by atoms with Gasteiger partial charge in [0.15, 0.2) is 0 Å². The zero-order chi connectivity index (χ0) is 30.1. The minimum Gasteiger partial charge on any atom is -0.489 e. The van der Waals surface area contributed by atoms with Gasteiger partial charge in [0.05, 0.1) is 0 Å². The molecule has 42 heavy (non-hydrogen) atoms. The van der Waals surface area contributed by atoms with Gasteiger partial charge in [0.1, 0.15) is 23.4 Å². The Bertz CT molecular complexity index is 1530. The molecule has 3 atom stereocenters. The molecule has 3 aromatic carbocycles. The Morgan fingerprint density at radius 1 is 1.00 bits per heavy atom. The number of urea groups is 2. The fourth-order valence-corrected chi connectivity index (χ4v) is 6.22. The molecular formula is C32H35N5O5. The molecule has 0 spiro atoms. The molecular weight excluding hydrogens is 534 g/mol. The molecule has 5 N–H and O–H groups in total. The number of hydrogen-bond donors (Lipinski definition) is 4. The normalized spacial score (nSPS) is 22.2. The molecule has 0 saturated carbocycles. The summed E-state index contributed by atoms with van der Waals surface area (Å²) in [5.41, 5.74) is 7.44. The molecule has 5 rings (SSSR count). The van der Waals surface area contributed by atoms with Crippen LogP contribution in [-0.4, -0.2) is 46.4 Å². The standard InChI is InChI=1S/C32H35N5O5/c1-20-9-10-21(2)24(17-20)19-42-25-13-11-23(12-14-25)26(31(3)27(38)35-30(41)36-31)32(15-16-34-28(32)39)37(29(33)40)18-22-7-5-4-6-8-22/h4-14,17,26H,15-16,18-19H2,1-3H3,(H2,33,40)(H,34,39)(H2,35,36,38,41). The lowest BCUT2D eigenvalue weighted by molar-refractivity contribution is -0.134. The molecule has 3 aromatic rings. The number of carbonyl (C=O) groups is 4. The summed E-state index contributed by atoms with van der Waals surface area (Å²) >= 11 is 0. The third-order valence-electron chi connectivity index (χ3n) is 8.36. The van der Waals surface area contributed by atoms with Crippen LogP contribution in [0.25, 0.3) is 0 Å². The van der Waals surface area contributed by atoms with E-state index in [9.17, 15) is 19.2 Å². The summed E-state index contributed by atoms with van der Waals surface area (Å²) in [6.07, 6.45) is 0.176. The second kappa shape index (κ2) is 11.2. The third-order valence-corrected chi connectivity index (χ3v) is 8.36. The predicted octanol–water partition coefficient (Wildman–Crippen LogP) is 3.40. The van der Waals surface area contributed by atoms with Gasteiger partial charge in [-0.25, -0.2) is 9.59 Å². The molecule has 10 nitrogen and oxygen atoms in total. The van der Waals surface area contributed by atoms with Crippen LogP contribution in [0.4, 0.5) is 9.59 Å². The van der Waals surface area contributed by atoms with Crippen LogP contribution in [-0.2, 0) is 22.7 Å². The second-order valence-electron chi connectivity index (χ2n) is 11.2. The molecule has 218 valence electrons. The number of benzene rings is 3. The van der Waals surface area contributed by atoms with Gasteiger partial charge >= 0.3 is 12.1 Å². The van der Waals surface area contributed by atoms with Crippen molar-refractivity contribution in [2.45, 2.75) is 57.3 Å². The number of nitrogens with zero attached hydrogens (tertiary/aromatic N) is 1. The van der Waals surface area contributed by atoms with E-state index in [0.29, 0.717) is 17.9 Å². The van der Waals surface area contributed by atoms with Crippen molar-refractivity contribution in [1.29, 1.82) is 0 Å². The van der Waals surface area contributed by atoms with Crippen LogP contribution in [0.15, 0.2) is 72.8 Å². The van der Waals surface area contributed by atoms with Crippen molar-refractivity contribution in [3.63, 3.8) is 0 Å². The third kappa shape index (κ3) is 5.15. The van der Waals surface area contributed by atoms with Crippen LogP contribution >= 0.6 is 0 Å². The molecule has 2 fully saturated rings. The Morgan fingerprint density at radius 3 is 2.31 bits per heavy atom. The lowest BCUT2D eigenvalue weighted by Crippen LogP contribution is -2.68. The number of nitrogens with one attached hydrogen (secondary N) is 3. The Morgan fingerprint density at radius 2 is 1.71 bits per heavy atom. The molecule has 6 amide bonds. The predicted molar refractivity (Wildman–Crippen MR) is 156 cm³/mol. The number of amides is 6. The van der Waals surface area contributed by atoms with Gasteiger partial charge in [0.2, 0.25) is 5.91 Å². The van der Waals surface area contributed by atoms with Gasteiger partial charge < -0.3 is 26.0 Å². The van der Waals surface area contributed by atoms with E-state index < -0.39 is 40.9 Å². The quantitative estimate of drug-likeness (QED) is 0.292. The van der Waals surface area contributed by atoms with Gasteiger partial charge in [-0.3, -0.25) is 14.9 Å². The minimum absolute atomic E-state index is 0.0305. The Hall–Kier alpha value is -4.86. The van der Waals surface area contributed by atoms with Crippen LogP contribution in [0.2, 0.25) is 0 Å².